The third-order valence-electron chi connectivity index (χ3n) is 4.80. The quantitative estimate of drug-likeness (QED) is 0.105. The van der Waals surface area contributed by atoms with Crippen LogP contribution in [-0.4, -0.2) is 75.8 Å². The normalized spacial score (nSPS) is 11.2. The predicted octanol–water partition coefficient (Wildman–Crippen LogP) is 3.53. The van der Waals surface area contributed by atoms with Crippen LogP contribution in [0.5, 0.6) is 0 Å². The summed E-state index contributed by atoms with van der Waals surface area (Å²) in [7, 11) is 8.16. The Labute approximate surface area is 197 Å². The summed E-state index contributed by atoms with van der Waals surface area (Å²) in [6.45, 7) is 3.47. The summed E-state index contributed by atoms with van der Waals surface area (Å²) >= 11 is 0. The molecule has 0 unspecified atom stereocenters. The molecule has 0 saturated heterocycles. The monoisotopic (exact) mass is 451 g/mol. The van der Waals surface area contributed by atoms with Gasteiger partial charge < -0.3 is 20.4 Å². The molecule has 0 saturated carbocycles. The van der Waals surface area contributed by atoms with E-state index in [0.29, 0.717) is 17.4 Å². The van der Waals surface area contributed by atoms with Gasteiger partial charge in [-0.05, 0) is 78.4 Å². The van der Waals surface area contributed by atoms with Crippen LogP contribution in [0.15, 0.2) is 58.9 Å². The number of amidine groups is 2. The predicted molar refractivity (Wildman–Crippen MR) is 137 cm³/mol. The van der Waals surface area contributed by atoms with Gasteiger partial charge in [0.1, 0.15) is 11.7 Å². The fraction of sp³-hybridized carbons (Fsp3) is 0.417. The molecule has 33 heavy (non-hydrogen) atoms. The maximum absolute atomic E-state index is 8.23. The van der Waals surface area contributed by atoms with E-state index in [0.717, 1.165) is 55.8 Å². The summed E-state index contributed by atoms with van der Waals surface area (Å²) in [6, 6.07) is 14.9. The molecular weight excluding hydrogens is 414 g/mol. The average molecular weight is 452 g/mol. The van der Waals surface area contributed by atoms with Crippen LogP contribution in [0.4, 0.5) is 11.4 Å². The van der Waals surface area contributed by atoms with Crippen molar-refractivity contribution in [2.24, 2.45) is 10.3 Å². The van der Waals surface area contributed by atoms with E-state index in [1.54, 1.807) is 0 Å². The highest BCUT2D eigenvalue weighted by Gasteiger charge is 2.04. The molecule has 2 rings (SSSR count). The zero-order valence-electron chi connectivity index (χ0n) is 20.2. The second-order valence-electron chi connectivity index (χ2n) is 8.36. The van der Waals surface area contributed by atoms with Crippen molar-refractivity contribution in [3.05, 3.63) is 59.7 Å². The van der Waals surface area contributed by atoms with Crippen molar-refractivity contribution in [2.45, 2.75) is 12.8 Å². The molecule has 0 atom stereocenters. The molecule has 0 aliphatic heterocycles. The summed E-state index contributed by atoms with van der Waals surface area (Å²) in [5, 5.41) is 31.1. The van der Waals surface area contributed by atoms with Crippen LogP contribution in [0, 0.1) is 10.8 Å². The minimum absolute atomic E-state index is 0.378. The van der Waals surface area contributed by atoms with Crippen LogP contribution in [0.3, 0.4) is 0 Å². The number of nitrogens with one attached hydrogen (secondary N) is 5. The Morgan fingerprint density at radius 3 is 1.91 bits per heavy atom. The van der Waals surface area contributed by atoms with Crippen molar-refractivity contribution in [1.29, 1.82) is 10.8 Å². The van der Waals surface area contributed by atoms with Gasteiger partial charge in [-0.25, -0.2) is 0 Å². The average Bonchev–Trinajstić information content (AvgIpc) is 2.79. The molecule has 9 heteroatoms. The summed E-state index contributed by atoms with van der Waals surface area (Å²) in [5.41, 5.74) is 5.89. The van der Waals surface area contributed by atoms with Gasteiger partial charge in [0, 0.05) is 24.2 Å². The first-order valence-electron chi connectivity index (χ1n) is 11.2. The topological polar surface area (TPSA) is 115 Å². The lowest BCUT2D eigenvalue weighted by atomic mass is 10.2. The Morgan fingerprint density at radius 1 is 0.788 bits per heavy atom. The molecule has 0 bridgehead atoms. The number of benzene rings is 2. The fourth-order valence-corrected chi connectivity index (χ4v) is 3.03. The van der Waals surface area contributed by atoms with Crippen molar-refractivity contribution < 1.29 is 0 Å². The molecule has 178 valence electrons. The van der Waals surface area contributed by atoms with Gasteiger partial charge in [0.2, 0.25) is 0 Å². The second kappa shape index (κ2) is 14.0. The summed E-state index contributed by atoms with van der Waals surface area (Å²) in [6.07, 6.45) is 1.95. The maximum atomic E-state index is 8.23. The highest BCUT2D eigenvalue weighted by Crippen LogP contribution is 2.16. The van der Waals surface area contributed by atoms with Crippen molar-refractivity contribution in [2.75, 3.05) is 59.8 Å². The van der Waals surface area contributed by atoms with Crippen molar-refractivity contribution in [1.82, 2.24) is 20.4 Å². The molecule has 0 spiro atoms. The van der Waals surface area contributed by atoms with Gasteiger partial charge in [0.05, 0.1) is 11.4 Å². The molecule has 0 aliphatic carbocycles. The molecule has 0 aliphatic rings. The van der Waals surface area contributed by atoms with Crippen LogP contribution in [0.1, 0.15) is 24.0 Å². The molecule has 0 amide bonds. The summed E-state index contributed by atoms with van der Waals surface area (Å²) in [4.78, 5) is 4.25. The number of anilines is 1. The van der Waals surface area contributed by atoms with E-state index < -0.39 is 0 Å². The van der Waals surface area contributed by atoms with E-state index in [9.17, 15) is 0 Å². The molecule has 5 N–H and O–H groups in total. The molecular formula is C24H37N9. The number of hydrogen-bond acceptors (Lipinski definition) is 6. The number of hydrogen-bond donors (Lipinski definition) is 5. The minimum Gasteiger partial charge on any atom is -0.370 e. The first-order chi connectivity index (χ1) is 15.8. The summed E-state index contributed by atoms with van der Waals surface area (Å²) < 4.78 is 0. The highest BCUT2D eigenvalue weighted by atomic mass is 15.4. The minimum atomic E-state index is 0.378. The van der Waals surface area contributed by atoms with E-state index in [1.165, 1.54) is 0 Å². The van der Waals surface area contributed by atoms with E-state index in [2.05, 4.69) is 36.2 Å². The zero-order valence-corrected chi connectivity index (χ0v) is 20.2. The van der Waals surface area contributed by atoms with Gasteiger partial charge in [-0.2, -0.15) is 0 Å². The van der Waals surface area contributed by atoms with Crippen LogP contribution in [0.2, 0.25) is 0 Å². The van der Waals surface area contributed by atoms with Gasteiger partial charge in [0.15, 0.2) is 0 Å². The van der Waals surface area contributed by atoms with E-state index >= 15 is 0 Å². The van der Waals surface area contributed by atoms with Gasteiger partial charge in [-0.1, -0.05) is 29.5 Å². The van der Waals surface area contributed by atoms with E-state index in [4.69, 9.17) is 10.8 Å². The van der Waals surface area contributed by atoms with Crippen LogP contribution in [0.25, 0.3) is 0 Å². The van der Waals surface area contributed by atoms with Gasteiger partial charge in [0.25, 0.3) is 0 Å². The Kier molecular flexibility index (Phi) is 11.0. The molecule has 0 fully saturated rings. The Morgan fingerprint density at radius 2 is 1.33 bits per heavy atom. The molecule has 0 aromatic heterocycles. The second-order valence-corrected chi connectivity index (χ2v) is 8.36. The fourth-order valence-electron chi connectivity index (χ4n) is 3.03. The molecule has 9 nitrogen and oxygen atoms in total. The highest BCUT2D eigenvalue weighted by molar-refractivity contribution is 5.97. The Hall–Kier alpha value is -3.30. The Balaban J connectivity index is 1.87. The van der Waals surface area contributed by atoms with Crippen LogP contribution >= 0.6 is 0 Å². The lowest BCUT2D eigenvalue weighted by Gasteiger charge is -2.12. The largest absolute Gasteiger partial charge is 0.370 e. The summed E-state index contributed by atoms with van der Waals surface area (Å²) in [5.74, 6) is 0.765. The first-order valence-corrected chi connectivity index (χ1v) is 11.2. The lowest BCUT2D eigenvalue weighted by Crippen LogP contribution is -2.27. The maximum Gasteiger partial charge on any atom is 0.125 e. The van der Waals surface area contributed by atoms with Gasteiger partial charge in [-0.15, -0.1) is 5.11 Å². The van der Waals surface area contributed by atoms with Gasteiger partial charge >= 0.3 is 0 Å². The van der Waals surface area contributed by atoms with Crippen molar-refractivity contribution in [3.8, 4) is 0 Å². The van der Waals surface area contributed by atoms with E-state index in [1.807, 2.05) is 76.7 Å². The molecule has 0 radical (unpaired) electrons. The van der Waals surface area contributed by atoms with Crippen LogP contribution < -0.4 is 16.1 Å². The molecule has 0 heterocycles. The zero-order chi connectivity index (χ0) is 24.1. The number of nitrogens with zero attached hydrogens (tertiary/aromatic N) is 4. The third kappa shape index (κ3) is 10.2. The molecule has 2 aromatic rings. The third-order valence-corrected chi connectivity index (χ3v) is 4.80. The van der Waals surface area contributed by atoms with Crippen molar-refractivity contribution in [3.63, 3.8) is 0 Å². The number of rotatable bonds is 13. The smallest absolute Gasteiger partial charge is 0.125 e. The van der Waals surface area contributed by atoms with Gasteiger partial charge in [-0.3, -0.25) is 16.2 Å². The molecule has 2 aromatic carbocycles. The van der Waals surface area contributed by atoms with Crippen molar-refractivity contribution >= 4 is 23.0 Å². The lowest BCUT2D eigenvalue weighted by molar-refractivity contribution is 0.400. The Bertz CT molecular complexity index is 922. The standard InChI is InChI=1S/C24H37N9/c1-32(2)15-7-13-27-23(25)19-9-5-11-21(17-19)29-31-30-22-12-6-10-20(18-22)24(26)28-14-8-16-33(3)4/h5-6,9-12,17-18H,7-8,13-16H2,1-4H3,(H2,25,27)(H2,26,28)(H,29,30). The van der Waals surface area contributed by atoms with E-state index in [-0.39, 0.29) is 0 Å². The first kappa shape index (κ1) is 26.0. The van der Waals surface area contributed by atoms with Crippen LogP contribution in [-0.2, 0) is 0 Å². The SMILES string of the molecule is CN(C)CCCNC(=N)c1cccc(/N=N/Nc2cccc(C(=N)NCCCN(C)C)c2)c1.